The molecule has 1 aliphatic rings. The zero-order chi connectivity index (χ0) is 25.4. The average Bonchev–Trinajstić information content (AvgIpc) is 3.43. The van der Waals surface area contributed by atoms with Crippen LogP contribution in [0.25, 0.3) is 15.9 Å². The zero-order valence-electron chi connectivity index (χ0n) is 19.9. The molecule has 0 radical (unpaired) electrons. The number of likely N-dealkylation sites (N-methyl/N-ethyl adjacent to an activating group) is 1. The molecule has 1 saturated heterocycles. The minimum absolute atomic E-state index is 0.00535. The van der Waals surface area contributed by atoms with Gasteiger partial charge in [0.2, 0.25) is 0 Å². The van der Waals surface area contributed by atoms with Crippen LogP contribution in [0, 0.1) is 12.7 Å². The van der Waals surface area contributed by atoms with Crippen LogP contribution in [-0.2, 0) is 0 Å². The molecule has 1 fully saturated rings. The summed E-state index contributed by atoms with van der Waals surface area (Å²) in [6, 6.07) is 15.9. The van der Waals surface area contributed by atoms with Crippen molar-refractivity contribution < 1.29 is 14.0 Å². The number of fused-ring (bicyclic) bond motifs is 1. The Labute approximate surface area is 211 Å². The molecule has 2 aromatic carbocycles. The number of halogens is 1. The lowest BCUT2D eigenvalue weighted by atomic mass is 10.0. The van der Waals surface area contributed by atoms with Crippen LogP contribution in [0.2, 0.25) is 0 Å². The predicted octanol–water partition coefficient (Wildman–Crippen LogP) is 4.56. The molecule has 2 amide bonds. The molecule has 1 atom stereocenters. The number of aryl methyl sites for hydroxylation is 1. The summed E-state index contributed by atoms with van der Waals surface area (Å²) in [4.78, 5) is 42.2. The third-order valence-corrected chi connectivity index (χ3v) is 7.46. The van der Waals surface area contributed by atoms with Crippen molar-refractivity contribution in [3.05, 3.63) is 93.5 Å². The topological polar surface area (TPSA) is 83.4 Å². The number of carbonyl (C=O) groups is 2. The summed E-state index contributed by atoms with van der Waals surface area (Å²) < 4.78 is 15.4. The van der Waals surface area contributed by atoms with Crippen LogP contribution < -0.4 is 16.2 Å². The van der Waals surface area contributed by atoms with Crippen molar-refractivity contribution in [2.24, 2.45) is 0 Å². The number of carbonyl (C=O) groups excluding carboxylic acids is 2. The Morgan fingerprint density at radius 2 is 1.86 bits per heavy atom. The molecule has 0 bridgehead atoms. The van der Waals surface area contributed by atoms with E-state index in [1.54, 1.807) is 13.0 Å². The van der Waals surface area contributed by atoms with Gasteiger partial charge in [-0.05, 0) is 68.9 Å². The fourth-order valence-electron chi connectivity index (χ4n) is 4.52. The Bertz CT molecular complexity index is 1530. The SMILES string of the molecule is Cc1cc(C(=O)c2c(NC(=O)N[C@@H]3CCN(C)C3)sc3c2ccc(=O)n3-c2ccccc2)ccc1F. The summed E-state index contributed by atoms with van der Waals surface area (Å²) in [7, 11) is 2.00. The zero-order valence-corrected chi connectivity index (χ0v) is 20.7. The van der Waals surface area contributed by atoms with Gasteiger partial charge in [0.25, 0.3) is 5.56 Å². The van der Waals surface area contributed by atoms with E-state index in [-0.39, 0.29) is 22.9 Å². The Balaban J connectivity index is 1.63. The van der Waals surface area contributed by atoms with E-state index in [1.807, 2.05) is 37.4 Å². The van der Waals surface area contributed by atoms with Gasteiger partial charge in [0.1, 0.15) is 15.6 Å². The normalized spacial score (nSPS) is 15.8. The summed E-state index contributed by atoms with van der Waals surface area (Å²) in [5, 5.41) is 6.69. The number of nitrogens with zero attached hydrogens (tertiary/aromatic N) is 2. The van der Waals surface area contributed by atoms with Crippen molar-refractivity contribution in [2.45, 2.75) is 19.4 Å². The van der Waals surface area contributed by atoms with Gasteiger partial charge in [-0.2, -0.15) is 0 Å². The number of para-hydroxylation sites is 1. The third kappa shape index (κ3) is 4.55. The van der Waals surface area contributed by atoms with Crippen LogP contribution in [0.5, 0.6) is 0 Å². The van der Waals surface area contributed by atoms with Gasteiger partial charge < -0.3 is 10.2 Å². The van der Waals surface area contributed by atoms with Crippen LogP contribution in [0.15, 0.2) is 65.5 Å². The summed E-state index contributed by atoms with van der Waals surface area (Å²) in [5.74, 6) is -0.766. The Morgan fingerprint density at radius 1 is 1.08 bits per heavy atom. The van der Waals surface area contributed by atoms with Gasteiger partial charge in [-0.1, -0.05) is 29.5 Å². The van der Waals surface area contributed by atoms with Crippen molar-refractivity contribution in [2.75, 3.05) is 25.5 Å². The van der Waals surface area contributed by atoms with E-state index in [4.69, 9.17) is 0 Å². The van der Waals surface area contributed by atoms with Crippen molar-refractivity contribution in [3.63, 3.8) is 0 Å². The highest BCUT2D eigenvalue weighted by atomic mass is 32.1. The van der Waals surface area contributed by atoms with E-state index in [2.05, 4.69) is 15.5 Å². The number of hydrogen-bond donors (Lipinski definition) is 2. The summed E-state index contributed by atoms with van der Waals surface area (Å²) in [5.41, 5.74) is 1.31. The Morgan fingerprint density at radius 3 is 2.56 bits per heavy atom. The predicted molar refractivity (Wildman–Crippen MR) is 140 cm³/mol. The number of anilines is 1. The quantitative estimate of drug-likeness (QED) is 0.391. The van der Waals surface area contributed by atoms with Crippen molar-refractivity contribution >= 4 is 38.4 Å². The van der Waals surface area contributed by atoms with Crippen LogP contribution in [0.3, 0.4) is 0 Å². The molecule has 184 valence electrons. The molecule has 7 nitrogen and oxygen atoms in total. The first-order valence-electron chi connectivity index (χ1n) is 11.6. The van der Waals surface area contributed by atoms with E-state index < -0.39 is 11.8 Å². The number of pyridine rings is 1. The second kappa shape index (κ2) is 9.67. The minimum atomic E-state index is -0.417. The highest BCUT2D eigenvalue weighted by Crippen LogP contribution is 2.37. The molecule has 9 heteroatoms. The first-order chi connectivity index (χ1) is 17.3. The van der Waals surface area contributed by atoms with Gasteiger partial charge in [0.15, 0.2) is 5.78 Å². The molecule has 1 aliphatic heterocycles. The lowest BCUT2D eigenvalue weighted by Crippen LogP contribution is -2.39. The fourth-order valence-corrected chi connectivity index (χ4v) is 5.73. The average molecular weight is 505 g/mol. The van der Waals surface area contributed by atoms with E-state index in [0.717, 1.165) is 30.8 Å². The Hall–Kier alpha value is -3.82. The molecular weight excluding hydrogens is 479 g/mol. The van der Waals surface area contributed by atoms with Gasteiger partial charge in [-0.25, -0.2) is 9.18 Å². The number of amides is 2. The van der Waals surface area contributed by atoms with Crippen LogP contribution >= 0.6 is 11.3 Å². The lowest BCUT2D eigenvalue weighted by molar-refractivity contribution is 0.104. The van der Waals surface area contributed by atoms with Crippen molar-refractivity contribution in [1.29, 1.82) is 0 Å². The molecular formula is C27H25FN4O3S. The molecule has 0 spiro atoms. The smallest absolute Gasteiger partial charge is 0.320 e. The third-order valence-electron chi connectivity index (χ3n) is 6.36. The minimum Gasteiger partial charge on any atom is -0.334 e. The van der Waals surface area contributed by atoms with Gasteiger partial charge in [-0.3, -0.25) is 19.5 Å². The summed E-state index contributed by atoms with van der Waals surface area (Å²) in [6.45, 7) is 3.23. The second-order valence-corrected chi connectivity index (χ2v) is 10.0. The molecule has 2 N–H and O–H groups in total. The fraction of sp³-hybridized carbons (Fsp3) is 0.222. The molecule has 0 unspecified atom stereocenters. The Kier molecular flexibility index (Phi) is 6.42. The molecule has 36 heavy (non-hydrogen) atoms. The van der Waals surface area contributed by atoms with Gasteiger partial charge in [0.05, 0.1) is 11.3 Å². The second-order valence-electron chi connectivity index (χ2n) is 9.01. The van der Waals surface area contributed by atoms with Gasteiger partial charge in [0, 0.05) is 29.6 Å². The number of likely N-dealkylation sites (tertiary alicyclic amines) is 1. The number of nitrogens with one attached hydrogen (secondary N) is 2. The number of urea groups is 1. The number of rotatable bonds is 5. The maximum atomic E-state index is 13.9. The first kappa shape index (κ1) is 23.9. The van der Waals surface area contributed by atoms with E-state index in [0.29, 0.717) is 32.0 Å². The van der Waals surface area contributed by atoms with Crippen LogP contribution in [0.1, 0.15) is 27.9 Å². The molecule has 4 aromatic rings. The number of aromatic nitrogens is 1. The van der Waals surface area contributed by atoms with E-state index in [9.17, 15) is 18.8 Å². The molecule has 0 saturated carbocycles. The highest BCUT2D eigenvalue weighted by molar-refractivity contribution is 7.23. The molecule has 3 heterocycles. The van der Waals surface area contributed by atoms with E-state index in [1.165, 1.54) is 28.8 Å². The van der Waals surface area contributed by atoms with Crippen LogP contribution in [0.4, 0.5) is 14.2 Å². The number of ketones is 1. The maximum Gasteiger partial charge on any atom is 0.320 e. The lowest BCUT2D eigenvalue weighted by Gasteiger charge is -2.14. The summed E-state index contributed by atoms with van der Waals surface area (Å²) in [6.07, 6.45) is 0.838. The monoisotopic (exact) mass is 504 g/mol. The molecule has 2 aromatic heterocycles. The van der Waals surface area contributed by atoms with Gasteiger partial charge >= 0.3 is 6.03 Å². The first-order valence-corrected chi connectivity index (χ1v) is 12.4. The van der Waals surface area contributed by atoms with Crippen LogP contribution in [-0.4, -0.2) is 47.5 Å². The van der Waals surface area contributed by atoms with E-state index >= 15 is 0 Å². The summed E-state index contributed by atoms with van der Waals surface area (Å²) >= 11 is 1.16. The largest absolute Gasteiger partial charge is 0.334 e. The standard InChI is InChI=1S/C27H25FN4O3S/c1-16-14-17(8-10-21(16)28)24(34)23-20-9-11-22(33)32(19-6-4-3-5-7-19)26(20)36-25(23)30-27(35)29-18-12-13-31(2)15-18/h3-11,14,18H,12-13,15H2,1-2H3,(H2,29,30,35)/t18-/m1/s1. The molecule has 5 rings (SSSR count). The maximum absolute atomic E-state index is 13.9. The van der Waals surface area contributed by atoms with Crippen molar-refractivity contribution in [1.82, 2.24) is 14.8 Å². The van der Waals surface area contributed by atoms with Crippen molar-refractivity contribution in [3.8, 4) is 5.69 Å². The van der Waals surface area contributed by atoms with Gasteiger partial charge in [-0.15, -0.1) is 0 Å². The number of benzene rings is 2. The highest BCUT2D eigenvalue weighted by Gasteiger charge is 2.26. The number of hydrogen-bond acceptors (Lipinski definition) is 5. The molecule has 0 aliphatic carbocycles. The number of thiophene rings is 1.